The van der Waals surface area contributed by atoms with Gasteiger partial charge in [-0.2, -0.15) is 0 Å². The lowest BCUT2D eigenvalue weighted by Crippen LogP contribution is -2.37. The number of phenols is 1. The molecule has 0 heterocycles. The van der Waals surface area contributed by atoms with Crippen molar-refractivity contribution in [3.05, 3.63) is 89.5 Å². The van der Waals surface area contributed by atoms with E-state index >= 15 is 0 Å². The Morgan fingerprint density at radius 2 is 1.72 bits per heavy atom. The number of hydrogen-bond donors (Lipinski definition) is 2. The van der Waals surface area contributed by atoms with Gasteiger partial charge in [0.2, 0.25) is 0 Å². The molecule has 4 rings (SSSR count). The van der Waals surface area contributed by atoms with E-state index in [1.54, 1.807) is 6.07 Å². The average molecular weight is 429 g/mol. The minimum atomic E-state index is -0.0124. The van der Waals surface area contributed by atoms with Crippen LogP contribution in [0.5, 0.6) is 5.75 Å². The van der Waals surface area contributed by atoms with Gasteiger partial charge in [-0.15, -0.1) is 0 Å². The summed E-state index contributed by atoms with van der Waals surface area (Å²) in [6.07, 6.45) is 5.24. The molecule has 1 atom stereocenters. The molecule has 0 bridgehead atoms. The SMILES string of the molecule is CN(CCCCNC(=O)c1ccc(-c2ccccc2)cc1)[C@@H]1CCc2ccc(O)cc2C1. The van der Waals surface area contributed by atoms with Gasteiger partial charge in [-0.3, -0.25) is 4.79 Å². The second-order valence-corrected chi connectivity index (χ2v) is 8.74. The molecule has 1 amide bonds. The van der Waals surface area contributed by atoms with Crippen molar-refractivity contribution in [2.24, 2.45) is 0 Å². The first-order valence-electron chi connectivity index (χ1n) is 11.5. The van der Waals surface area contributed by atoms with Crippen molar-refractivity contribution < 1.29 is 9.90 Å². The predicted molar refractivity (Wildman–Crippen MR) is 130 cm³/mol. The molecule has 4 nitrogen and oxygen atoms in total. The summed E-state index contributed by atoms with van der Waals surface area (Å²) in [7, 11) is 2.19. The molecular weight excluding hydrogens is 396 g/mol. The molecule has 32 heavy (non-hydrogen) atoms. The molecule has 0 aliphatic heterocycles. The molecule has 0 radical (unpaired) electrons. The molecule has 3 aromatic carbocycles. The Morgan fingerprint density at radius 1 is 0.969 bits per heavy atom. The third kappa shape index (κ3) is 5.57. The third-order valence-electron chi connectivity index (χ3n) is 6.49. The van der Waals surface area contributed by atoms with Crippen LogP contribution >= 0.6 is 0 Å². The van der Waals surface area contributed by atoms with Crippen molar-refractivity contribution in [3.8, 4) is 16.9 Å². The number of nitrogens with zero attached hydrogens (tertiary/aromatic N) is 1. The Balaban J connectivity index is 1.17. The number of aryl methyl sites for hydroxylation is 1. The number of rotatable bonds is 8. The van der Waals surface area contributed by atoms with Crippen LogP contribution < -0.4 is 5.32 Å². The van der Waals surface area contributed by atoms with Crippen molar-refractivity contribution in [1.82, 2.24) is 10.2 Å². The number of hydrogen-bond acceptors (Lipinski definition) is 3. The monoisotopic (exact) mass is 428 g/mol. The van der Waals surface area contributed by atoms with E-state index in [0.29, 0.717) is 23.9 Å². The lowest BCUT2D eigenvalue weighted by atomic mass is 9.87. The quantitative estimate of drug-likeness (QED) is 0.493. The minimum Gasteiger partial charge on any atom is -0.508 e. The van der Waals surface area contributed by atoms with Crippen LogP contribution in [0.2, 0.25) is 0 Å². The van der Waals surface area contributed by atoms with Gasteiger partial charge in [0.05, 0.1) is 0 Å². The van der Waals surface area contributed by atoms with Crippen LogP contribution in [0.1, 0.15) is 40.7 Å². The molecule has 3 aromatic rings. The van der Waals surface area contributed by atoms with E-state index < -0.39 is 0 Å². The number of aromatic hydroxyl groups is 1. The van der Waals surface area contributed by atoms with Gasteiger partial charge in [-0.1, -0.05) is 48.5 Å². The molecule has 4 heteroatoms. The van der Waals surface area contributed by atoms with Crippen LogP contribution in [0, 0.1) is 0 Å². The first-order valence-corrected chi connectivity index (χ1v) is 11.5. The minimum absolute atomic E-state index is 0.0124. The second kappa shape index (κ2) is 10.5. The van der Waals surface area contributed by atoms with Crippen LogP contribution in [0.15, 0.2) is 72.8 Å². The highest BCUT2D eigenvalue weighted by Crippen LogP contribution is 2.27. The van der Waals surface area contributed by atoms with Crippen molar-refractivity contribution in [1.29, 1.82) is 0 Å². The summed E-state index contributed by atoms with van der Waals surface area (Å²) < 4.78 is 0. The van der Waals surface area contributed by atoms with E-state index in [1.807, 2.05) is 48.5 Å². The van der Waals surface area contributed by atoms with Gasteiger partial charge in [-0.25, -0.2) is 0 Å². The summed E-state index contributed by atoms with van der Waals surface area (Å²) in [6, 6.07) is 24.2. The van der Waals surface area contributed by atoms with E-state index in [-0.39, 0.29) is 5.91 Å². The summed E-state index contributed by atoms with van der Waals surface area (Å²) in [4.78, 5) is 14.9. The predicted octanol–water partition coefficient (Wildman–Crippen LogP) is 5.06. The maximum absolute atomic E-state index is 12.4. The molecule has 0 saturated carbocycles. The number of unbranched alkanes of at least 4 members (excludes halogenated alkanes) is 1. The van der Waals surface area contributed by atoms with Crippen molar-refractivity contribution in [2.75, 3.05) is 20.1 Å². The zero-order chi connectivity index (χ0) is 22.3. The molecule has 2 N–H and O–H groups in total. The van der Waals surface area contributed by atoms with Crippen LogP contribution in [0.4, 0.5) is 0 Å². The summed E-state index contributed by atoms with van der Waals surface area (Å²) >= 11 is 0. The first kappa shape index (κ1) is 22.1. The number of fused-ring (bicyclic) bond motifs is 1. The molecule has 0 unspecified atom stereocenters. The highest BCUT2D eigenvalue weighted by molar-refractivity contribution is 5.94. The topological polar surface area (TPSA) is 52.6 Å². The fourth-order valence-electron chi connectivity index (χ4n) is 4.52. The molecule has 0 saturated heterocycles. The highest BCUT2D eigenvalue weighted by Gasteiger charge is 2.22. The largest absolute Gasteiger partial charge is 0.508 e. The van der Waals surface area contributed by atoms with Gasteiger partial charge < -0.3 is 15.3 Å². The smallest absolute Gasteiger partial charge is 0.251 e. The Hall–Kier alpha value is -3.11. The highest BCUT2D eigenvalue weighted by atomic mass is 16.3. The van der Waals surface area contributed by atoms with Gasteiger partial charge in [-0.05, 0) is 92.2 Å². The van der Waals surface area contributed by atoms with E-state index in [1.165, 1.54) is 11.1 Å². The summed E-state index contributed by atoms with van der Waals surface area (Å²) in [5.41, 5.74) is 5.61. The molecule has 1 aliphatic carbocycles. The maximum atomic E-state index is 12.4. The van der Waals surface area contributed by atoms with Gasteiger partial charge in [0, 0.05) is 18.2 Å². The number of carbonyl (C=O) groups excluding carboxylic acids is 1. The van der Waals surface area contributed by atoms with Crippen molar-refractivity contribution in [2.45, 2.75) is 38.1 Å². The van der Waals surface area contributed by atoms with E-state index in [4.69, 9.17) is 0 Å². The Bertz CT molecular complexity index is 1030. The Kier molecular flexibility index (Phi) is 7.23. The lowest BCUT2D eigenvalue weighted by Gasteiger charge is -2.32. The Morgan fingerprint density at radius 3 is 2.50 bits per heavy atom. The Labute approximate surface area is 190 Å². The molecule has 0 fully saturated rings. The van der Waals surface area contributed by atoms with Gasteiger partial charge in [0.15, 0.2) is 0 Å². The van der Waals surface area contributed by atoms with Crippen LogP contribution in [0.3, 0.4) is 0 Å². The van der Waals surface area contributed by atoms with E-state index in [0.717, 1.165) is 49.8 Å². The van der Waals surface area contributed by atoms with E-state index in [2.05, 4.69) is 35.5 Å². The number of benzene rings is 3. The van der Waals surface area contributed by atoms with Gasteiger partial charge >= 0.3 is 0 Å². The molecular formula is C28H32N2O2. The third-order valence-corrected chi connectivity index (χ3v) is 6.49. The fourth-order valence-corrected chi connectivity index (χ4v) is 4.52. The van der Waals surface area contributed by atoms with E-state index in [9.17, 15) is 9.90 Å². The summed E-state index contributed by atoms with van der Waals surface area (Å²) in [5.74, 6) is 0.346. The number of carbonyl (C=O) groups is 1. The lowest BCUT2D eigenvalue weighted by molar-refractivity contribution is 0.0952. The fraction of sp³-hybridized carbons (Fsp3) is 0.321. The number of phenolic OH excluding ortho intramolecular Hbond substituents is 1. The number of nitrogens with one attached hydrogen (secondary N) is 1. The zero-order valence-electron chi connectivity index (χ0n) is 18.8. The summed E-state index contributed by atoms with van der Waals surface area (Å²) in [6.45, 7) is 1.70. The van der Waals surface area contributed by atoms with Gasteiger partial charge in [0.25, 0.3) is 5.91 Å². The van der Waals surface area contributed by atoms with Crippen molar-refractivity contribution in [3.63, 3.8) is 0 Å². The normalized spacial score (nSPS) is 15.4. The first-order chi connectivity index (χ1) is 15.6. The van der Waals surface area contributed by atoms with Crippen LogP contribution in [0.25, 0.3) is 11.1 Å². The van der Waals surface area contributed by atoms with Crippen LogP contribution in [-0.2, 0) is 12.8 Å². The molecule has 0 aromatic heterocycles. The molecule has 166 valence electrons. The molecule has 1 aliphatic rings. The van der Waals surface area contributed by atoms with Gasteiger partial charge in [0.1, 0.15) is 5.75 Å². The maximum Gasteiger partial charge on any atom is 0.251 e. The zero-order valence-corrected chi connectivity index (χ0v) is 18.8. The number of amides is 1. The number of likely N-dealkylation sites (N-methyl/N-ethyl adjacent to an activating group) is 1. The molecule has 0 spiro atoms. The second-order valence-electron chi connectivity index (χ2n) is 8.74. The standard InChI is InChI=1S/C28H32N2O2/c1-30(26-15-13-23-14-16-27(31)20-25(23)19-26)18-6-5-17-29-28(32)24-11-9-22(10-12-24)21-7-3-2-4-8-21/h2-4,7-12,14,16,20,26,31H,5-6,13,15,17-19H2,1H3,(H,29,32)/t26-/m1/s1. The van der Waals surface area contributed by atoms with Crippen molar-refractivity contribution >= 4 is 5.91 Å². The van der Waals surface area contributed by atoms with Crippen LogP contribution in [-0.4, -0.2) is 42.1 Å². The summed E-state index contributed by atoms with van der Waals surface area (Å²) in [5, 5.41) is 12.8. The average Bonchev–Trinajstić information content (AvgIpc) is 2.83.